The number of benzene rings is 3. The molecule has 7 heteroatoms. The molecule has 3 N–H and O–H groups in total. The second kappa shape index (κ2) is 11.8. The number of hydroxylamine groups is 1. The van der Waals surface area contributed by atoms with Crippen LogP contribution in [0.2, 0.25) is 0 Å². The van der Waals surface area contributed by atoms with Crippen LogP contribution in [0.15, 0.2) is 72.8 Å². The number of nitrogens with one attached hydrogen (secondary N) is 2. The Morgan fingerprint density at radius 1 is 0.824 bits per heavy atom. The molecule has 0 radical (unpaired) electrons. The van der Waals surface area contributed by atoms with Crippen LogP contribution in [0.3, 0.4) is 0 Å². The molecule has 0 spiro atoms. The molecule has 3 aromatic rings. The summed E-state index contributed by atoms with van der Waals surface area (Å²) < 4.78 is 0. The number of nitrogens with zero attached hydrogens (tertiary/aromatic N) is 1. The van der Waals surface area contributed by atoms with E-state index in [0.29, 0.717) is 17.7 Å². The van der Waals surface area contributed by atoms with Gasteiger partial charge in [-0.05, 0) is 49.2 Å². The molecule has 34 heavy (non-hydrogen) atoms. The molecule has 0 aliphatic rings. The first-order chi connectivity index (χ1) is 16.4. The molecule has 3 rings (SSSR count). The van der Waals surface area contributed by atoms with Gasteiger partial charge in [0.15, 0.2) is 0 Å². The topological polar surface area (TPSA) is 98.7 Å². The van der Waals surface area contributed by atoms with Crippen molar-refractivity contribution in [2.75, 3.05) is 6.54 Å². The zero-order valence-electron chi connectivity index (χ0n) is 19.4. The van der Waals surface area contributed by atoms with E-state index in [1.54, 1.807) is 34.6 Å². The van der Waals surface area contributed by atoms with Crippen LogP contribution in [0, 0.1) is 13.8 Å². The van der Waals surface area contributed by atoms with E-state index in [-0.39, 0.29) is 31.3 Å². The van der Waals surface area contributed by atoms with Gasteiger partial charge in [0.2, 0.25) is 5.91 Å². The highest BCUT2D eigenvalue weighted by Gasteiger charge is 2.18. The third kappa shape index (κ3) is 7.02. The lowest BCUT2D eigenvalue weighted by Gasteiger charge is -2.23. The first kappa shape index (κ1) is 24.7. The molecule has 3 amide bonds. The smallest absolute Gasteiger partial charge is 0.274 e. The Morgan fingerprint density at radius 2 is 1.47 bits per heavy atom. The van der Waals surface area contributed by atoms with E-state index in [4.69, 9.17) is 5.21 Å². The maximum atomic E-state index is 13.4. The lowest BCUT2D eigenvalue weighted by molar-refractivity contribution is -0.121. The number of rotatable bonds is 9. The van der Waals surface area contributed by atoms with Crippen molar-refractivity contribution in [3.8, 4) is 0 Å². The molecule has 0 unspecified atom stereocenters. The molecule has 7 nitrogen and oxygen atoms in total. The third-order valence-electron chi connectivity index (χ3n) is 5.39. The van der Waals surface area contributed by atoms with Gasteiger partial charge in [-0.3, -0.25) is 19.6 Å². The highest BCUT2D eigenvalue weighted by Crippen LogP contribution is 2.15. The Morgan fingerprint density at radius 3 is 2.09 bits per heavy atom. The maximum Gasteiger partial charge on any atom is 0.274 e. The fourth-order valence-electron chi connectivity index (χ4n) is 3.70. The molecule has 176 valence electrons. The van der Waals surface area contributed by atoms with E-state index in [2.05, 4.69) is 5.32 Å². The number of amides is 3. The van der Waals surface area contributed by atoms with Crippen molar-refractivity contribution in [2.24, 2.45) is 0 Å². The van der Waals surface area contributed by atoms with Crippen molar-refractivity contribution in [1.82, 2.24) is 15.7 Å². The number of carbonyl (C=O) groups excluding carboxylic acids is 3. The fourth-order valence-corrected chi connectivity index (χ4v) is 3.70. The first-order valence-electron chi connectivity index (χ1n) is 11.1. The summed E-state index contributed by atoms with van der Waals surface area (Å²) in [6, 6.07) is 21.9. The Bertz CT molecular complexity index is 1120. The van der Waals surface area contributed by atoms with Crippen LogP contribution in [0.1, 0.15) is 49.4 Å². The van der Waals surface area contributed by atoms with Gasteiger partial charge in [0, 0.05) is 37.2 Å². The molecule has 0 fully saturated rings. The van der Waals surface area contributed by atoms with Crippen LogP contribution < -0.4 is 10.8 Å². The summed E-state index contributed by atoms with van der Waals surface area (Å²) in [4.78, 5) is 39.1. The monoisotopic (exact) mass is 459 g/mol. The van der Waals surface area contributed by atoms with E-state index in [0.717, 1.165) is 22.3 Å². The van der Waals surface area contributed by atoms with E-state index in [9.17, 15) is 14.4 Å². The fraction of sp³-hybridized carbons (Fsp3) is 0.222. The van der Waals surface area contributed by atoms with Crippen molar-refractivity contribution in [1.29, 1.82) is 0 Å². The van der Waals surface area contributed by atoms with Crippen molar-refractivity contribution in [3.05, 3.63) is 106 Å². The quantitative estimate of drug-likeness (QED) is 0.335. The van der Waals surface area contributed by atoms with E-state index in [1.165, 1.54) is 0 Å². The Labute approximate surface area is 199 Å². The Hall–Kier alpha value is -3.97. The molecule has 0 aliphatic carbocycles. The number of aryl methyl sites for hydroxylation is 2. The van der Waals surface area contributed by atoms with Crippen LogP contribution in [0.25, 0.3) is 0 Å². The summed E-state index contributed by atoms with van der Waals surface area (Å²) in [5.74, 6) is -0.915. The van der Waals surface area contributed by atoms with Gasteiger partial charge in [-0.15, -0.1) is 0 Å². The summed E-state index contributed by atoms with van der Waals surface area (Å²) >= 11 is 0. The highest BCUT2D eigenvalue weighted by atomic mass is 16.5. The van der Waals surface area contributed by atoms with Crippen LogP contribution >= 0.6 is 0 Å². The predicted molar refractivity (Wildman–Crippen MR) is 129 cm³/mol. The lowest BCUT2D eigenvalue weighted by Crippen LogP contribution is -2.35. The second-order valence-electron chi connectivity index (χ2n) is 8.25. The summed E-state index contributed by atoms with van der Waals surface area (Å²) in [7, 11) is 0. The van der Waals surface area contributed by atoms with Crippen molar-refractivity contribution >= 4 is 17.7 Å². The van der Waals surface area contributed by atoms with Gasteiger partial charge < -0.3 is 10.2 Å². The molecule has 3 aromatic carbocycles. The van der Waals surface area contributed by atoms with E-state index in [1.807, 2.05) is 62.4 Å². The molecule has 0 bridgehead atoms. The third-order valence-corrected chi connectivity index (χ3v) is 5.39. The van der Waals surface area contributed by atoms with Crippen molar-refractivity contribution in [3.63, 3.8) is 0 Å². The van der Waals surface area contributed by atoms with Crippen LogP contribution in [0.4, 0.5) is 0 Å². The lowest BCUT2D eigenvalue weighted by atomic mass is 10.1. The van der Waals surface area contributed by atoms with Crippen molar-refractivity contribution < 1.29 is 19.6 Å². The standard InChI is InChI=1S/C27H29N3O4/c1-19-14-20(2)16-24(15-19)27(33)30(18-22-8-10-23(11-9-22)26(32)29-34)13-12-25(31)28-17-21-6-4-3-5-7-21/h3-11,14-16,34H,12-13,17-18H2,1-2H3,(H,28,31)(H,29,32). The van der Waals surface area contributed by atoms with E-state index < -0.39 is 5.91 Å². The summed E-state index contributed by atoms with van der Waals surface area (Å²) in [6.45, 7) is 4.83. The van der Waals surface area contributed by atoms with Crippen molar-refractivity contribution in [2.45, 2.75) is 33.4 Å². The van der Waals surface area contributed by atoms with E-state index >= 15 is 0 Å². The highest BCUT2D eigenvalue weighted by molar-refractivity contribution is 5.95. The van der Waals surface area contributed by atoms with Gasteiger partial charge in [0.05, 0.1) is 0 Å². The molecule has 0 saturated heterocycles. The maximum absolute atomic E-state index is 13.4. The summed E-state index contributed by atoms with van der Waals surface area (Å²) in [5, 5.41) is 11.7. The largest absolute Gasteiger partial charge is 0.352 e. The molecule has 0 atom stereocenters. The van der Waals surface area contributed by atoms with Crippen LogP contribution in [0.5, 0.6) is 0 Å². The zero-order chi connectivity index (χ0) is 24.5. The average Bonchev–Trinajstić information content (AvgIpc) is 2.84. The second-order valence-corrected chi connectivity index (χ2v) is 8.25. The molecule has 0 saturated carbocycles. The summed E-state index contributed by atoms with van der Waals surface area (Å²) in [5.41, 5.74) is 6.26. The molecule has 0 heterocycles. The van der Waals surface area contributed by atoms with Gasteiger partial charge >= 0.3 is 0 Å². The van der Waals surface area contributed by atoms with Gasteiger partial charge in [-0.25, -0.2) is 5.48 Å². The van der Waals surface area contributed by atoms with Gasteiger partial charge in [0.25, 0.3) is 11.8 Å². The number of carbonyl (C=O) groups is 3. The predicted octanol–water partition coefficient (Wildman–Crippen LogP) is 3.77. The van der Waals surface area contributed by atoms with Crippen LogP contribution in [-0.4, -0.2) is 34.4 Å². The first-order valence-corrected chi connectivity index (χ1v) is 11.1. The van der Waals surface area contributed by atoms with Crippen LogP contribution in [-0.2, 0) is 17.9 Å². The SMILES string of the molecule is Cc1cc(C)cc(C(=O)N(CCC(=O)NCc2ccccc2)Cc2ccc(C(=O)NO)cc2)c1. The van der Waals surface area contributed by atoms with Gasteiger partial charge in [-0.1, -0.05) is 59.7 Å². The van der Waals surface area contributed by atoms with Gasteiger partial charge in [-0.2, -0.15) is 0 Å². The average molecular weight is 460 g/mol. The number of hydrogen-bond donors (Lipinski definition) is 3. The molecular formula is C27H29N3O4. The minimum absolute atomic E-state index is 0.142. The minimum Gasteiger partial charge on any atom is -0.352 e. The summed E-state index contributed by atoms with van der Waals surface area (Å²) in [6.07, 6.45) is 0.161. The molecule has 0 aliphatic heterocycles. The minimum atomic E-state index is -0.607. The molecule has 0 aromatic heterocycles. The van der Waals surface area contributed by atoms with Gasteiger partial charge in [0.1, 0.15) is 0 Å². The number of hydrogen-bond acceptors (Lipinski definition) is 4. The zero-order valence-corrected chi connectivity index (χ0v) is 19.4. The Balaban J connectivity index is 1.72. The Kier molecular flexibility index (Phi) is 8.54. The normalized spacial score (nSPS) is 10.4. The molecular weight excluding hydrogens is 430 g/mol.